The molecule has 0 spiro atoms. The van der Waals surface area contributed by atoms with Gasteiger partial charge in [0.15, 0.2) is 6.17 Å². The molecule has 0 saturated heterocycles. The molecule has 0 aliphatic carbocycles. The van der Waals surface area contributed by atoms with Gasteiger partial charge >= 0.3 is 39.7 Å². The maximum Gasteiger partial charge on any atom is 0.384 e. The first-order chi connectivity index (χ1) is 13.3. The highest BCUT2D eigenvalue weighted by molar-refractivity contribution is 7.86. The van der Waals surface area contributed by atoms with E-state index in [0.29, 0.717) is 0 Å². The zero-order chi connectivity index (χ0) is 26.0. The molecule has 0 bridgehead atoms. The number of hydrogen-bond acceptors (Lipinski definition) is 3. The maximum atomic E-state index is 13.2. The first-order valence-corrected chi connectivity index (χ1v) is 8.48. The van der Waals surface area contributed by atoms with Crippen LogP contribution in [-0.4, -0.2) is 81.0 Å². The predicted molar refractivity (Wildman–Crippen MR) is 72.0 cm³/mol. The monoisotopic (exact) mass is 523 g/mol. The molecule has 190 valence electrons. The Kier molecular flexibility index (Phi) is 10.1. The summed E-state index contributed by atoms with van der Waals surface area (Å²) in [4.78, 5) is 0. The number of alkyl halides is 15. The van der Waals surface area contributed by atoms with Crippen molar-refractivity contribution in [1.82, 2.24) is 5.32 Å². The molecule has 0 aliphatic rings. The van der Waals surface area contributed by atoms with Gasteiger partial charge in [0, 0.05) is 0 Å². The van der Waals surface area contributed by atoms with E-state index in [0.717, 1.165) is 0 Å². The number of halogens is 15. The lowest BCUT2D eigenvalue weighted by Crippen LogP contribution is -2.71. The SMILES string of the molecule is CNC.O=S(=O)(O)C(F)C(F)(F)C(F)(F)C(F)(F)C(F)(F)C(F)(F)C(F)C(F)C(F)F. The lowest BCUT2D eigenvalue weighted by molar-refractivity contribution is -0.412. The van der Waals surface area contributed by atoms with Gasteiger partial charge in [0.2, 0.25) is 6.17 Å². The third-order valence-electron chi connectivity index (χ3n) is 3.04. The van der Waals surface area contributed by atoms with Gasteiger partial charge in [-0.05, 0) is 14.1 Å². The van der Waals surface area contributed by atoms with E-state index in [4.69, 9.17) is 4.55 Å². The van der Waals surface area contributed by atoms with E-state index in [1.54, 1.807) is 0 Å². The molecule has 0 aromatic heterocycles. The van der Waals surface area contributed by atoms with Crippen LogP contribution in [0.5, 0.6) is 0 Å². The van der Waals surface area contributed by atoms with Crippen molar-refractivity contribution in [1.29, 1.82) is 0 Å². The van der Waals surface area contributed by atoms with Gasteiger partial charge in [-0.2, -0.15) is 52.3 Å². The molecule has 20 heteroatoms. The van der Waals surface area contributed by atoms with Crippen LogP contribution in [0.25, 0.3) is 0 Å². The van der Waals surface area contributed by atoms with Crippen molar-refractivity contribution in [3.8, 4) is 0 Å². The summed E-state index contributed by atoms with van der Waals surface area (Å²) in [6.07, 6.45) is -15.5. The van der Waals surface area contributed by atoms with E-state index in [-0.39, 0.29) is 0 Å². The van der Waals surface area contributed by atoms with Crippen LogP contribution >= 0.6 is 0 Å². The quantitative estimate of drug-likeness (QED) is 0.353. The zero-order valence-corrected chi connectivity index (χ0v) is 15.5. The van der Waals surface area contributed by atoms with Crippen molar-refractivity contribution in [2.24, 2.45) is 0 Å². The molecule has 3 unspecified atom stereocenters. The minimum Gasteiger partial charge on any atom is -0.323 e. The van der Waals surface area contributed by atoms with Gasteiger partial charge in [0.1, 0.15) is 0 Å². The van der Waals surface area contributed by atoms with Gasteiger partial charge in [-0.25, -0.2) is 22.0 Å². The Bertz CT molecular complexity index is 684. The van der Waals surface area contributed by atoms with Gasteiger partial charge in [0.05, 0.1) is 0 Å². The van der Waals surface area contributed by atoms with Crippen molar-refractivity contribution in [2.75, 3.05) is 14.1 Å². The highest BCUT2D eigenvalue weighted by Crippen LogP contribution is 2.59. The van der Waals surface area contributed by atoms with E-state index in [1.807, 2.05) is 14.1 Å². The van der Waals surface area contributed by atoms with Gasteiger partial charge in [-0.3, -0.25) is 4.55 Å². The average molecular weight is 523 g/mol. The van der Waals surface area contributed by atoms with Crippen molar-refractivity contribution in [3.05, 3.63) is 0 Å². The highest BCUT2D eigenvalue weighted by Gasteiger charge is 2.89. The highest BCUT2D eigenvalue weighted by atomic mass is 32.2. The van der Waals surface area contributed by atoms with Gasteiger partial charge < -0.3 is 5.32 Å². The molecule has 0 heterocycles. The summed E-state index contributed by atoms with van der Waals surface area (Å²) in [5.74, 6) is -39.6. The first-order valence-electron chi connectivity index (χ1n) is 6.98. The summed E-state index contributed by atoms with van der Waals surface area (Å²) in [5, 5.41) is 2.75. The Labute approximate surface area is 163 Å². The molecule has 0 aromatic carbocycles. The Morgan fingerprint density at radius 2 is 0.968 bits per heavy atom. The lowest BCUT2D eigenvalue weighted by Gasteiger charge is -2.40. The second-order valence-corrected chi connectivity index (χ2v) is 6.92. The van der Waals surface area contributed by atoms with E-state index in [1.165, 1.54) is 0 Å². The normalized spacial score (nSPS) is 17.6. The van der Waals surface area contributed by atoms with Crippen LogP contribution in [0.1, 0.15) is 0 Å². The molecule has 0 aromatic rings. The Morgan fingerprint density at radius 3 is 1.23 bits per heavy atom. The Hall–Kier alpha value is -1.18. The average Bonchev–Trinajstić information content (AvgIpc) is 2.58. The van der Waals surface area contributed by atoms with Gasteiger partial charge in [-0.1, -0.05) is 0 Å². The Balaban J connectivity index is 0. The van der Waals surface area contributed by atoms with Crippen LogP contribution in [0, 0.1) is 0 Å². The summed E-state index contributed by atoms with van der Waals surface area (Å²) in [6, 6.07) is 0. The van der Waals surface area contributed by atoms with E-state index >= 15 is 0 Å². The van der Waals surface area contributed by atoms with Crippen molar-refractivity contribution >= 4 is 10.1 Å². The fourth-order valence-electron chi connectivity index (χ4n) is 1.45. The smallest absolute Gasteiger partial charge is 0.323 e. The van der Waals surface area contributed by atoms with Crippen LogP contribution in [0.4, 0.5) is 65.9 Å². The molecule has 0 aliphatic heterocycles. The largest absolute Gasteiger partial charge is 0.384 e. The Morgan fingerprint density at radius 1 is 0.677 bits per heavy atom. The third kappa shape index (κ3) is 5.60. The summed E-state index contributed by atoms with van der Waals surface area (Å²) in [6.45, 7) is 0. The van der Waals surface area contributed by atoms with Gasteiger partial charge in [-0.15, -0.1) is 0 Å². The van der Waals surface area contributed by atoms with Crippen LogP contribution in [0.2, 0.25) is 0 Å². The van der Waals surface area contributed by atoms with Crippen molar-refractivity contribution in [3.63, 3.8) is 0 Å². The predicted octanol–water partition coefficient (Wildman–Crippen LogP) is 4.12. The van der Waals surface area contributed by atoms with Crippen LogP contribution < -0.4 is 5.32 Å². The molecule has 31 heavy (non-hydrogen) atoms. The standard InChI is InChI=1S/C9H5F15O3S.C2H7N/c10-1(3(12)13)2(11)5(15,16)7(19,20)9(23,24)8(21,22)6(17,18)4(14)28(25,26)27;1-3-2/h1-4H,(H,25,26,27);3H,1-2H3. The molecule has 0 radical (unpaired) electrons. The zero-order valence-electron chi connectivity index (χ0n) is 14.7. The summed E-state index contributed by atoms with van der Waals surface area (Å²) >= 11 is 0. The molecule has 0 fully saturated rings. The topological polar surface area (TPSA) is 66.4 Å². The number of nitrogens with one attached hydrogen (secondary N) is 1. The molecule has 2 N–H and O–H groups in total. The fraction of sp³-hybridized carbons (Fsp3) is 1.00. The van der Waals surface area contributed by atoms with E-state index in [2.05, 4.69) is 5.32 Å². The van der Waals surface area contributed by atoms with Crippen molar-refractivity contribution in [2.45, 2.75) is 53.9 Å². The van der Waals surface area contributed by atoms with E-state index in [9.17, 15) is 74.3 Å². The first kappa shape index (κ1) is 32.0. The molecule has 0 saturated carbocycles. The van der Waals surface area contributed by atoms with Crippen LogP contribution in [-0.2, 0) is 10.1 Å². The fourth-order valence-corrected chi connectivity index (χ4v) is 1.97. The van der Waals surface area contributed by atoms with Gasteiger partial charge in [0.25, 0.3) is 11.9 Å². The number of rotatable bonds is 9. The second-order valence-electron chi connectivity index (χ2n) is 5.48. The van der Waals surface area contributed by atoms with Crippen molar-refractivity contribution < 1.29 is 78.8 Å². The minimum absolute atomic E-state index is 1.88. The van der Waals surface area contributed by atoms with E-state index < -0.39 is 64.0 Å². The number of hydrogen-bond donors (Lipinski definition) is 2. The summed E-state index contributed by atoms with van der Waals surface area (Å²) < 4.78 is 220. The summed E-state index contributed by atoms with van der Waals surface area (Å²) in [5.41, 5.74) is -5.78. The second kappa shape index (κ2) is 9.75. The lowest BCUT2D eigenvalue weighted by atomic mass is 9.91. The molecule has 0 amide bonds. The van der Waals surface area contributed by atoms with Crippen LogP contribution in [0.15, 0.2) is 0 Å². The molecule has 4 nitrogen and oxygen atoms in total. The maximum absolute atomic E-state index is 13.2. The summed E-state index contributed by atoms with van der Waals surface area (Å²) in [7, 11) is -3.27. The third-order valence-corrected chi connectivity index (χ3v) is 3.86. The minimum atomic E-state index is -8.27. The molecule has 0 rings (SSSR count). The van der Waals surface area contributed by atoms with Crippen LogP contribution in [0.3, 0.4) is 0 Å². The molecular weight excluding hydrogens is 511 g/mol. The molecule has 3 atom stereocenters. The molecular formula is C11H12F15NO3S.